The first-order valence-electron chi connectivity index (χ1n) is 13.4. The number of allylic oxidation sites excluding steroid dienone is 4. The summed E-state index contributed by atoms with van der Waals surface area (Å²) in [7, 11) is 0. The number of aromatic hydroxyl groups is 1. The van der Waals surface area contributed by atoms with E-state index in [0.29, 0.717) is 13.2 Å². The SMILES string of the molecule is C=C1/C=C\C(O)=C/CCCC(c2ccc(O)cc2NCc2ccc(OCCN3CCCCC3)c(F)c2)C1. The monoisotopic (exact) mass is 506 g/mol. The van der Waals surface area contributed by atoms with Crippen molar-refractivity contribution in [1.82, 2.24) is 4.90 Å². The number of rotatable bonds is 8. The van der Waals surface area contributed by atoms with Gasteiger partial charge >= 0.3 is 0 Å². The summed E-state index contributed by atoms with van der Waals surface area (Å²) in [5.41, 5.74) is 3.66. The highest BCUT2D eigenvalue weighted by atomic mass is 19.1. The maximum absolute atomic E-state index is 14.8. The second-order valence-electron chi connectivity index (χ2n) is 10.1. The van der Waals surface area contributed by atoms with Crippen molar-refractivity contribution < 1.29 is 19.3 Å². The van der Waals surface area contributed by atoms with E-state index in [2.05, 4.69) is 16.8 Å². The van der Waals surface area contributed by atoms with Gasteiger partial charge in [0, 0.05) is 24.8 Å². The lowest BCUT2D eigenvalue weighted by molar-refractivity contribution is 0.180. The maximum Gasteiger partial charge on any atom is 0.165 e. The van der Waals surface area contributed by atoms with Gasteiger partial charge in [-0.3, -0.25) is 4.90 Å². The van der Waals surface area contributed by atoms with Crippen LogP contribution >= 0.6 is 0 Å². The van der Waals surface area contributed by atoms with E-state index in [-0.39, 0.29) is 29.0 Å². The van der Waals surface area contributed by atoms with Crippen LogP contribution in [0.1, 0.15) is 62.0 Å². The van der Waals surface area contributed by atoms with Gasteiger partial charge in [0.2, 0.25) is 0 Å². The number of likely N-dealkylation sites (tertiary alicyclic amines) is 1. The molecule has 1 aliphatic carbocycles. The smallest absolute Gasteiger partial charge is 0.165 e. The van der Waals surface area contributed by atoms with Crippen molar-refractivity contribution in [2.24, 2.45) is 0 Å². The van der Waals surface area contributed by atoms with Gasteiger partial charge in [-0.25, -0.2) is 4.39 Å². The summed E-state index contributed by atoms with van der Waals surface area (Å²) < 4.78 is 20.5. The molecule has 6 heteroatoms. The number of anilines is 1. The average Bonchev–Trinajstić information content (AvgIpc) is 2.90. The molecule has 1 saturated heterocycles. The average molecular weight is 507 g/mol. The fourth-order valence-electron chi connectivity index (χ4n) is 5.13. The first-order chi connectivity index (χ1) is 18.0. The van der Waals surface area contributed by atoms with Gasteiger partial charge in [0.1, 0.15) is 18.1 Å². The number of nitrogens with one attached hydrogen (secondary N) is 1. The molecule has 0 spiro atoms. The lowest BCUT2D eigenvalue weighted by Crippen LogP contribution is -2.33. The van der Waals surface area contributed by atoms with Gasteiger partial charge < -0.3 is 20.3 Å². The molecule has 0 radical (unpaired) electrons. The molecule has 5 nitrogen and oxygen atoms in total. The van der Waals surface area contributed by atoms with E-state index in [4.69, 9.17) is 4.74 Å². The third-order valence-corrected chi connectivity index (χ3v) is 7.18. The molecule has 1 fully saturated rings. The molecule has 2 aromatic rings. The maximum atomic E-state index is 14.8. The highest BCUT2D eigenvalue weighted by Crippen LogP contribution is 2.36. The van der Waals surface area contributed by atoms with Gasteiger partial charge in [0.05, 0.1) is 0 Å². The van der Waals surface area contributed by atoms with E-state index >= 15 is 0 Å². The van der Waals surface area contributed by atoms with Crippen LogP contribution in [0, 0.1) is 5.82 Å². The number of phenolic OH excluding ortho intramolecular Hbond substituents is 1. The number of piperidine rings is 1. The van der Waals surface area contributed by atoms with Crippen LogP contribution in [0.5, 0.6) is 11.5 Å². The molecule has 2 aromatic carbocycles. The first kappa shape index (κ1) is 26.8. The summed E-state index contributed by atoms with van der Waals surface area (Å²) in [6.45, 7) is 8.08. The van der Waals surface area contributed by atoms with Crippen molar-refractivity contribution in [2.75, 3.05) is 31.6 Å². The van der Waals surface area contributed by atoms with Crippen LogP contribution in [0.3, 0.4) is 0 Å². The first-order valence-corrected chi connectivity index (χ1v) is 13.4. The minimum absolute atomic E-state index is 0.182. The predicted octanol–water partition coefficient (Wildman–Crippen LogP) is 7.22. The Bertz CT molecular complexity index is 1120. The number of aliphatic hydroxyl groups excluding tert-OH is 1. The fourth-order valence-corrected chi connectivity index (χ4v) is 5.13. The van der Waals surface area contributed by atoms with Crippen molar-refractivity contribution in [3.63, 3.8) is 0 Å². The Kier molecular flexibility index (Phi) is 9.66. The zero-order valence-electron chi connectivity index (χ0n) is 21.6. The molecule has 0 amide bonds. The van der Waals surface area contributed by atoms with E-state index in [0.717, 1.165) is 67.7 Å². The minimum atomic E-state index is -0.360. The van der Waals surface area contributed by atoms with Gasteiger partial charge in [0.25, 0.3) is 0 Å². The number of aliphatic hydroxyl groups is 1. The highest BCUT2D eigenvalue weighted by Gasteiger charge is 2.18. The second kappa shape index (κ2) is 13.3. The lowest BCUT2D eigenvalue weighted by Gasteiger charge is -2.26. The molecule has 1 unspecified atom stereocenters. The van der Waals surface area contributed by atoms with Crippen molar-refractivity contribution >= 4 is 5.69 Å². The molecular formula is C31H39FN2O3. The quantitative estimate of drug-likeness (QED) is 0.353. The molecule has 0 saturated carbocycles. The normalized spacial score (nSPS) is 21.6. The summed E-state index contributed by atoms with van der Waals surface area (Å²) >= 11 is 0. The zero-order valence-corrected chi connectivity index (χ0v) is 21.6. The van der Waals surface area contributed by atoms with Crippen LogP contribution in [0.2, 0.25) is 0 Å². The van der Waals surface area contributed by atoms with E-state index in [1.165, 1.54) is 25.3 Å². The number of halogens is 1. The third kappa shape index (κ3) is 8.12. The van der Waals surface area contributed by atoms with Crippen LogP contribution in [-0.2, 0) is 6.54 Å². The number of ether oxygens (including phenoxy) is 1. The van der Waals surface area contributed by atoms with Gasteiger partial charge in [0.15, 0.2) is 11.6 Å². The topological polar surface area (TPSA) is 65.0 Å². The Morgan fingerprint density at radius 1 is 1.03 bits per heavy atom. The van der Waals surface area contributed by atoms with Crippen LogP contribution in [-0.4, -0.2) is 41.4 Å². The molecule has 1 aliphatic heterocycles. The molecule has 37 heavy (non-hydrogen) atoms. The van der Waals surface area contributed by atoms with Crippen molar-refractivity contribution in [3.8, 4) is 11.5 Å². The fraction of sp³-hybridized carbons (Fsp3) is 0.419. The summed E-state index contributed by atoms with van der Waals surface area (Å²) in [5.74, 6) is 0.590. The van der Waals surface area contributed by atoms with Crippen LogP contribution in [0.15, 0.2) is 72.5 Å². The Morgan fingerprint density at radius 2 is 1.86 bits per heavy atom. The van der Waals surface area contributed by atoms with E-state index < -0.39 is 0 Å². The predicted molar refractivity (Wildman–Crippen MR) is 148 cm³/mol. The van der Waals surface area contributed by atoms with Gasteiger partial charge in [-0.15, -0.1) is 0 Å². The number of nitrogens with zero attached hydrogens (tertiary/aromatic N) is 1. The molecule has 1 heterocycles. The Labute approximate surface area is 220 Å². The van der Waals surface area contributed by atoms with Crippen LogP contribution in [0.25, 0.3) is 0 Å². The molecule has 4 rings (SSSR count). The molecule has 1 atom stereocenters. The molecule has 0 bridgehead atoms. The van der Waals surface area contributed by atoms with Crippen molar-refractivity contribution in [2.45, 2.75) is 57.4 Å². The van der Waals surface area contributed by atoms with Gasteiger partial charge in [-0.05, 0) is 99.0 Å². The Balaban J connectivity index is 1.39. The van der Waals surface area contributed by atoms with Gasteiger partial charge in [-0.2, -0.15) is 0 Å². The number of hydrogen-bond donors (Lipinski definition) is 3. The lowest BCUT2D eigenvalue weighted by atomic mass is 9.86. The molecule has 3 N–H and O–H groups in total. The zero-order chi connectivity index (χ0) is 26.0. The Morgan fingerprint density at radius 3 is 2.68 bits per heavy atom. The third-order valence-electron chi connectivity index (χ3n) is 7.18. The second-order valence-corrected chi connectivity index (χ2v) is 10.1. The molecule has 198 valence electrons. The number of hydrogen-bond acceptors (Lipinski definition) is 5. The standard InChI is InChI=1S/C31H39FN2O3/c1-23-9-11-26(35)8-4-3-7-25(19-23)28-13-12-27(36)21-30(28)33-22-24-10-14-31(29(32)20-24)37-18-17-34-15-5-2-6-16-34/h8-14,20-21,25,33,35-36H,1-7,15-19,22H2/b11-9-,26-8+. The summed E-state index contributed by atoms with van der Waals surface area (Å²) in [4.78, 5) is 2.37. The molecule has 0 aromatic heterocycles. The van der Waals surface area contributed by atoms with Crippen molar-refractivity contribution in [1.29, 1.82) is 0 Å². The van der Waals surface area contributed by atoms with Gasteiger partial charge in [-0.1, -0.05) is 36.8 Å². The summed E-state index contributed by atoms with van der Waals surface area (Å²) in [6, 6.07) is 10.5. The van der Waals surface area contributed by atoms with E-state index in [9.17, 15) is 14.6 Å². The van der Waals surface area contributed by atoms with Crippen LogP contribution < -0.4 is 10.1 Å². The summed E-state index contributed by atoms with van der Waals surface area (Å²) in [6.07, 6.45) is 12.5. The number of phenols is 1. The van der Waals surface area contributed by atoms with E-state index in [1.807, 2.05) is 24.3 Å². The highest BCUT2D eigenvalue weighted by molar-refractivity contribution is 5.57. The molecule has 2 aliphatic rings. The van der Waals surface area contributed by atoms with E-state index in [1.54, 1.807) is 24.3 Å². The van der Waals surface area contributed by atoms with Crippen molar-refractivity contribution in [3.05, 3.63) is 89.5 Å². The Hall–Kier alpha value is -3.25. The summed E-state index contributed by atoms with van der Waals surface area (Å²) in [5, 5.41) is 23.5. The number of benzene rings is 2. The largest absolute Gasteiger partial charge is 0.508 e. The minimum Gasteiger partial charge on any atom is -0.508 e. The molecular weight excluding hydrogens is 467 g/mol. The van der Waals surface area contributed by atoms with Crippen LogP contribution in [0.4, 0.5) is 10.1 Å².